The summed E-state index contributed by atoms with van der Waals surface area (Å²) >= 11 is 0. The highest BCUT2D eigenvalue weighted by Gasteiger charge is 2.31. The molecule has 9 heteroatoms. The Bertz CT molecular complexity index is 1270. The molecule has 0 aliphatic carbocycles. The Balaban J connectivity index is 1.58. The molecule has 1 atom stereocenters. The lowest BCUT2D eigenvalue weighted by molar-refractivity contribution is -0.384. The Morgan fingerprint density at radius 3 is 2.59 bits per heavy atom. The van der Waals surface area contributed by atoms with Crippen molar-refractivity contribution in [1.29, 1.82) is 0 Å². The van der Waals surface area contributed by atoms with Crippen LogP contribution in [0.5, 0.6) is 5.75 Å². The maximum Gasteiger partial charge on any atom is 0.319 e. The van der Waals surface area contributed by atoms with Crippen LogP contribution in [0.4, 0.5) is 16.2 Å². The minimum Gasteiger partial charge on any atom is -0.489 e. The minimum absolute atomic E-state index is 0.140. The molecule has 0 aromatic heterocycles. The van der Waals surface area contributed by atoms with Crippen LogP contribution >= 0.6 is 0 Å². The monoisotopic (exact) mass is 458 g/mol. The van der Waals surface area contributed by atoms with Gasteiger partial charge in [0.1, 0.15) is 12.4 Å². The van der Waals surface area contributed by atoms with Gasteiger partial charge in [0.25, 0.3) is 11.6 Å². The first-order chi connectivity index (χ1) is 16.4. The van der Waals surface area contributed by atoms with Gasteiger partial charge in [0.2, 0.25) is 0 Å². The van der Waals surface area contributed by atoms with E-state index in [-0.39, 0.29) is 16.9 Å². The highest BCUT2D eigenvalue weighted by Crippen LogP contribution is 2.30. The number of hydrogen-bond donors (Lipinski definition) is 3. The van der Waals surface area contributed by atoms with E-state index in [0.717, 1.165) is 5.56 Å². The van der Waals surface area contributed by atoms with Crippen molar-refractivity contribution in [2.24, 2.45) is 0 Å². The number of non-ortho nitro benzene ring substituents is 1. The molecule has 1 aliphatic heterocycles. The zero-order chi connectivity index (χ0) is 24.1. The molecule has 3 aromatic rings. The first kappa shape index (κ1) is 22.5. The van der Waals surface area contributed by atoms with Gasteiger partial charge in [0.05, 0.1) is 16.5 Å². The summed E-state index contributed by atoms with van der Waals surface area (Å²) in [6.45, 7) is 2.00. The number of ether oxygens (including phenoxy) is 1. The number of nitro benzene ring substituents is 1. The van der Waals surface area contributed by atoms with Crippen LogP contribution in [-0.4, -0.2) is 16.9 Å². The third-order valence-electron chi connectivity index (χ3n) is 5.27. The topological polar surface area (TPSA) is 123 Å². The summed E-state index contributed by atoms with van der Waals surface area (Å²) < 4.78 is 5.90. The van der Waals surface area contributed by atoms with E-state index in [2.05, 4.69) is 16.0 Å². The molecule has 0 saturated heterocycles. The number of amides is 3. The number of anilines is 1. The number of nitrogens with zero attached hydrogens (tertiary/aromatic N) is 1. The fraction of sp³-hybridized carbons (Fsp3) is 0.120. The molecular formula is C25H22N4O5. The Morgan fingerprint density at radius 1 is 1.06 bits per heavy atom. The van der Waals surface area contributed by atoms with Gasteiger partial charge in [-0.1, -0.05) is 48.5 Å². The maximum atomic E-state index is 13.2. The van der Waals surface area contributed by atoms with Crippen LogP contribution in [0.25, 0.3) is 0 Å². The van der Waals surface area contributed by atoms with Crippen LogP contribution in [0.15, 0.2) is 90.1 Å². The predicted octanol–water partition coefficient (Wildman–Crippen LogP) is 4.44. The molecule has 3 N–H and O–H groups in total. The van der Waals surface area contributed by atoms with Gasteiger partial charge < -0.3 is 20.7 Å². The molecule has 172 valence electrons. The molecule has 1 heterocycles. The number of rotatable bonds is 7. The second-order valence-electron chi connectivity index (χ2n) is 7.68. The minimum atomic E-state index is -0.743. The van der Waals surface area contributed by atoms with Crippen molar-refractivity contribution in [3.63, 3.8) is 0 Å². The lowest BCUT2D eigenvalue weighted by atomic mass is 9.94. The van der Waals surface area contributed by atoms with Crippen LogP contribution in [-0.2, 0) is 11.4 Å². The summed E-state index contributed by atoms with van der Waals surface area (Å²) in [4.78, 5) is 35.9. The number of benzene rings is 3. The first-order valence-corrected chi connectivity index (χ1v) is 10.5. The van der Waals surface area contributed by atoms with Gasteiger partial charge in [-0.05, 0) is 36.2 Å². The third-order valence-corrected chi connectivity index (χ3v) is 5.27. The molecule has 0 fully saturated rings. The van der Waals surface area contributed by atoms with Crippen LogP contribution in [0.1, 0.15) is 24.1 Å². The van der Waals surface area contributed by atoms with Gasteiger partial charge in [-0.3, -0.25) is 14.9 Å². The fourth-order valence-corrected chi connectivity index (χ4v) is 3.67. The molecule has 9 nitrogen and oxygen atoms in total. The van der Waals surface area contributed by atoms with E-state index in [1.807, 2.05) is 30.3 Å². The molecule has 0 spiro atoms. The Kier molecular flexibility index (Phi) is 6.54. The Morgan fingerprint density at radius 2 is 1.82 bits per heavy atom. The first-order valence-electron chi connectivity index (χ1n) is 10.5. The van der Waals surface area contributed by atoms with Gasteiger partial charge in [-0.2, -0.15) is 0 Å². The van der Waals surface area contributed by atoms with Crippen molar-refractivity contribution in [3.05, 3.63) is 111 Å². The largest absolute Gasteiger partial charge is 0.489 e. The highest BCUT2D eigenvalue weighted by molar-refractivity contribution is 6.06. The zero-order valence-corrected chi connectivity index (χ0v) is 18.3. The summed E-state index contributed by atoms with van der Waals surface area (Å²) in [6, 6.07) is 21.3. The number of carbonyl (C=O) groups excluding carboxylic acids is 2. The SMILES string of the molecule is CC1=C(C(=O)Nc2cccc([N+](=O)[O-])c2)C(c2cccc(OCc3ccccc3)c2)NC(=O)N1. The molecule has 1 aliphatic rings. The predicted molar refractivity (Wildman–Crippen MR) is 126 cm³/mol. The molecular weight excluding hydrogens is 436 g/mol. The van der Waals surface area contributed by atoms with Crippen LogP contribution in [0.2, 0.25) is 0 Å². The zero-order valence-electron chi connectivity index (χ0n) is 18.3. The number of nitro groups is 1. The van der Waals surface area contributed by atoms with Crippen LogP contribution < -0.4 is 20.7 Å². The lowest BCUT2D eigenvalue weighted by Gasteiger charge is -2.29. The smallest absolute Gasteiger partial charge is 0.319 e. The summed E-state index contributed by atoms with van der Waals surface area (Å²) in [5, 5.41) is 19.1. The molecule has 4 rings (SSSR count). The maximum absolute atomic E-state index is 13.2. The summed E-state index contributed by atoms with van der Waals surface area (Å²) in [5.74, 6) is 0.0938. The van der Waals surface area contributed by atoms with Gasteiger partial charge in [-0.25, -0.2) is 4.79 Å². The Labute approximate surface area is 195 Å². The average Bonchev–Trinajstić information content (AvgIpc) is 2.83. The van der Waals surface area contributed by atoms with E-state index in [0.29, 0.717) is 23.6 Å². The van der Waals surface area contributed by atoms with Crippen molar-refractivity contribution in [1.82, 2.24) is 10.6 Å². The van der Waals surface area contributed by atoms with E-state index in [9.17, 15) is 19.7 Å². The lowest BCUT2D eigenvalue weighted by Crippen LogP contribution is -2.45. The third kappa shape index (κ3) is 5.21. The second-order valence-corrected chi connectivity index (χ2v) is 7.68. The molecule has 1 unspecified atom stereocenters. The average molecular weight is 458 g/mol. The van der Waals surface area contributed by atoms with E-state index in [1.54, 1.807) is 37.3 Å². The fourth-order valence-electron chi connectivity index (χ4n) is 3.67. The van der Waals surface area contributed by atoms with Gasteiger partial charge in [-0.15, -0.1) is 0 Å². The van der Waals surface area contributed by atoms with Crippen molar-refractivity contribution in [3.8, 4) is 5.75 Å². The molecule has 0 radical (unpaired) electrons. The molecule has 34 heavy (non-hydrogen) atoms. The van der Waals surface area contributed by atoms with Crippen LogP contribution in [0, 0.1) is 10.1 Å². The second kappa shape index (κ2) is 9.86. The van der Waals surface area contributed by atoms with E-state index >= 15 is 0 Å². The molecule has 3 aromatic carbocycles. The molecule has 3 amide bonds. The van der Waals surface area contributed by atoms with Crippen LogP contribution in [0.3, 0.4) is 0 Å². The van der Waals surface area contributed by atoms with E-state index in [4.69, 9.17) is 4.74 Å². The van der Waals surface area contributed by atoms with Gasteiger partial charge in [0, 0.05) is 23.5 Å². The van der Waals surface area contributed by atoms with Crippen molar-refractivity contribution in [2.45, 2.75) is 19.6 Å². The van der Waals surface area contributed by atoms with Crippen molar-refractivity contribution in [2.75, 3.05) is 5.32 Å². The highest BCUT2D eigenvalue weighted by atomic mass is 16.6. The van der Waals surface area contributed by atoms with Crippen molar-refractivity contribution < 1.29 is 19.2 Å². The standard InChI is InChI=1S/C25H22N4O5/c1-16-22(24(30)27-19-10-6-11-20(14-19)29(32)33)23(28-25(31)26-16)18-9-5-12-21(13-18)34-15-17-7-3-2-4-8-17/h2-14,23H,15H2,1H3,(H,27,30)(H2,26,28,31). The molecule has 0 saturated carbocycles. The van der Waals surface area contributed by atoms with E-state index in [1.165, 1.54) is 18.2 Å². The number of carbonyl (C=O) groups is 2. The quantitative estimate of drug-likeness (QED) is 0.357. The van der Waals surface area contributed by atoms with Gasteiger partial charge >= 0.3 is 6.03 Å². The number of allylic oxidation sites excluding steroid dienone is 1. The van der Waals surface area contributed by atoms with Gasteiger partial charge in [0.15, 0.2) is 0 Å². The number of urea groups is 1. The van der Waals surface area contributed by atoms with E-state index < -0.39 is 22.9 Å². The Hall–Kier alpha value is -4.66. The number of hydrogen-bond acceptors (Lipinski definition) is 5. The number of nitrogens with one attached hydrogen (secondary N) is 3. The summed E-state index contributed by atoms with van der Waals surface area (Å²) in [5.41, 5.74) is 2.46. The van der Waals surface area contributed by atoms with Crippen molar-refractivity contribution >= 4 is 23.3 Å². The summed E-state index contributed by atoms with van der Waals surface area (Å²) in [7, 11) is 0. The summed E-state index contributed by atoms with van der Waals surface area (Å²) in [6.07, 6.45) is 0. The normalized spacial score (nSPS) is 15.2. The molecule has 0 bridgehead atoms.